The second kappa shape index (κ2) is 5.74. The van der Waals surface area contributed by atoms with Crippen LogP contribution in [0.1, 0.15) is 31.0 Å². The quantitative estimate of drug-likeness (QED) is 0.488. The predicted molar refractivity (Wildman–Crippen MR) is 94.4 cm³/mol. The molecule has 1 N–H and O–H groups in total. The molecule has 4 nitrogen and oxygen atoms in total. The van der Waals surface area contributed by atoms with Gasteiger partial charge in [-0.15, -0.1) is 0 Å². The van der Waals surface area contributed by atoms with Gasteiger partial charge in [-0.1, -0.05) is 25.4 Å². The standard InChI is InChI=1S/C18H14ClF3N4/c1-9(2)14-8-26-4-3-12(18(20,21)22)15(17(26)24-14)10-5-11-7-23-25-16(11)13(19)6-10/h3-9H,1-2H3,(H,23,25). The molecule has 4 rings (SSSR count). The number of benzene rings is 1. The Balaban J connectivity index is 2.09. The molecule has 26 heavy (non-hydrogen) atoms. The maximum absolute atomic E-state index is 13.7. The van der Waals surface area contributed by atoms with E-state index in [9.17, 15) is 13.2 Å². The summed E-state index contributed by atoms with van der Waals surface area (Å²) in [5.74, 6) is 0.0945. The van der Waals surface area contributed by atoms with Gasteiger partial charge in [-0.05, 0) is 29.7 Å². The lowest BCUT2D eigenvalue weighted by molar-refractivity contribution is -0.137. The van der Waals surface area contributed by atoms with Crippen LogP contribution in [0, 0.1) is 0 Å². The zero-order valence-corrected chi connectivity index (χ0v) is 14.7. The maximum Gasteiger partial charge on any atom is 0.417 e. The van der Waals surface area contributed by atoms with Gasteiger partial charge in [0.2, 0.25) is 0 Å². The first-order chi connectivity index (χ1) is 12.3. The number of hydrogen-bond donors (Lipinski definition) is 1. The Morgan fingerprint density at radius 3 is 2.69 bits per heavy atom. The van der Waals surface area contributed by atoms with E-state index in [0.717, 1.165) is 11.8 Å². The van der Waals surface area contributed by atoms with E-state index in [-0.39, 0.29) is 17.1 Å². The number of H-pyrrole nitrogens is 1. The van der Waals surface area contributed by atoms with Gasteiger partial charge in [-0.3, -0.25) is 5.10 Å². The number of fused-ring (bicyclic) bond motifs is 2. The molecule has 0 amide bonds. The molecule has 0 bridgehead atoms. The van der Waals surface area contributed by atoms with E-state index in [1.807, 2.05) is 13.8 Å². The van der Waals surface area contributed by atoms with Crippen LogP contribution in [-0.4, -0.2) is 19.6 Å². The number of hydrogen-bond acceptors (Lipinski definition) is 2. The van der Waals surface area contributed by atoms with Crippen LogP contribution in [0.3, 0.4) is 0 Å². The maximum atomic E-state index is 13.7. The molecular weight excluding hydrogens is 365 g/mol. The highest BCUT2D eigenvalue weighted by atomic mass is 35.5. The largest absolute Gasteiger partial charge is 0.417 e. The zero-order valence-electron chi connectivity index (χ0n) is 13.9. The fourth-order valence-corrected chi connectivity index (χ4v) is 3.30. The summed E-state index contributed by atoms with van der Waals surface area (Å²) in [5, 5.41) is 7.59. The van der Waals surface area contributed by atoms with Crippen LogP contribution in [0.5, 0.6) is 0 Å². The fraction of sp³-hybridized carbons (Fsp3) is 0.222. The van der Waals surface area contributed by atoms with E-state index in [2.05, 4.69) is 15.2 Å². The normalized spacial score (nSPS) is 12.6. The molecule has 134 valence electrons. The summed E-state index contributed by atoms with van der Waals surface area (Å²) in [4.78, 5) is 4.46. The molecule has 0 aliphatic rings. The van der Waals surface area contributed by atoms with E-state index in [1.165, 1.54) is 18.5 Å². The third-order valence-electron chi connectivity index (χ3n) is 4.33. The van der Waals surface area contributed by atoms with Gasteiger partial charge in [0.15, 0.2) is 0 Å². The third-order valence-corrected chi connectivity index (χ3v) is 4.63. The minimum absolute atomic E-state index is 0.0110. The molecule has 0 fully saturated rings. The summed E-state index contributed by atoms with van der Waals surface area (Å²) < 4.78 is 42.7. The van der Waals surface area contributed by atoms with Crippen LogP contribution in [0.4, 0.5) is 13.2 Å². The molecule has 1 aromatic carbocycles. The van der Waals surface area contributed by atoms with Crippen molar-refractivity contribution >= 4 is 28.2 Å². The molecule has 8 heteroatoms. The van der Waals surface area contributed by atoms with Gasteiger partial charge in [0.1, 0.15) is 5.65 Å². The van der Waals surface area contributed by atoms with E-state index in [0.29, 0.717) is 21.5 Å². The van der Waals surface area contributed by atoms with Crippen molar-refractivity contribution in [3.8, 4) is 11.1 Å². The molecule has 4 aromatic rings. The topological polar surface area (TPSA) is 46.0 Å². The smallest absolute Gasteiger partial charge is 0.306 e. The van der Waals surface area contributed by atoms with E-state index >= 15 is 0 Å². The molecule has 3 heterocycles. The summed E-state index contributed by atoms with van der Waals surface area (Å²) in [6.07, 6.45) is 0.155. The molecule has 0 saturated carbocycles. The number of halogens is 4. The monoisotopic (exact) mass is 378 g/mol. The molecule has 0 spiro atoms. The van der Waals surface area contributed by atoms with Crippen LogP contribution in [0.25, 0.3) is 27.7 Å². The van der Waals surface area contributed by atoms with Crippen molar-refractivity contribution in [1.29, 1.82) is 0 Å². The summed E-state index contributed by atoms with van der Waals surface area (Å²) in [6, 6.07) is 4.22. The number of alkyl halides is 3. The van der Waals surface area contributed by atoms with Crippen LogP contribution >= 0.6 is 11.6 Å². The molecule has 0 aliphatic carbocycles. The molecular formula is C18H14ClF3N4. The predicted octanol–water partition coefficient (Wildman–Crippen LogP) is 5.67. The third kappa shape index (κ3) is 2.63. The van der Waals surface area contributed by atoms with Gasteiger partial charge in [-0.25, -0.2) is 4.98 Å². The second-order valence-electron chi connectivity index (χ2n) is 6.45. The summed E-state index contributed by atoms with van der Waals surface area (Å²) in [5.41, 5.74) is 1.18. The summed E-state index contributed by atoms with van der Waals surface area (Å²) >= 11 is 6.25. The van der Waals surface area contributed by atoms with E-state index in [1.54, 1.807) is 16.7 Å². The number of nitrogens with one attached hydrogen (secondary N) is 1. The van der Waals surface area contributed by atoms with Crippen molar-refractivity contribution < 1.29 is 13.2 Å². The molecule has 0 atom stereocenters. The Bertz CT molecular complexity index is 1120. The lowest BCUT2D eigenvalue weighted by atomic mass is 9.99. The van der Waals surface area contributed by atoms with Gasteiger partial charge in [0.05, 0.1) is 28.0 Å². The summed E-state index contributed by atoms with van der Waals surface area (Å²) in [6.45, 7) is 3.89. The molecule has 3 aromatic heterocycles. The van der Waals surface area contributed by atoms with Gasteiger partial charge in [-0.2, -0.15) is 18.3 Å². The number of aromatic nitrogens is 4. The fourth-order valence-electron chi connectivity index (χ4n) is 3.03. The first-order valence-corrected chi connectivity index (χ1v) is 8.35. The number of imidazole rings is 1. The molecule has 0 unspecified atom stereocenters. The number of aromatic amines is 1. The van der Waals surface area contributed by atoms with Crippen molar-refractivity contribution in [3.05, 3.63) is 53.1 Å². The highest BCUT2D eigenvalue weighted by Crippen LogP contribution is 2.41. The lowest BCUT2D eigenvalue weighted by Gasteiger charge is -2.14. The van der Waals surface area contributed by atoms with Crippen LogP contribution in [-0.2, 0) is 6.18 Å². The van der Waals surface area contributed by atoms with Gasteiger partial charge >= 0.3 is 6.18 Å². The summed E-state index contributed by atoms with van der Waals surface area (Å²) in [7, 11) is 0. The van der Waals surface area contributed by atoms with E-state index in [4.69, 9.17) is 11.6 Å². The second-order valence-corrected chi connectivity index (χ2v) is 6.85. The minimum Gasteiger partial charge on any atom is -0.306 e. The molecule has 0 aliphatic heterocycles. The van der Waals surface area contributed by atoms with Crippen molar-refractivity contribution in [2.75, 3.05) is 0 Å². The van der Waals surface area contributed by atoms with Gasteiger partial charge in [0.25, 0.3) is 0 Å². The Morgan fingerprint density at radius 2 is 2.00 bits per heavy atom. The lowest BCUT2D eigenvalue weighted by Crippen LogP contribution is -2.09. The van der Waals surface area contributed by atoms with Crippen LogP contribution in [0.2, 0.25) is 5.02 Å². The van der Waals surface area contributed by atoms with Gasteiger partial charge < -0.3 is 4.40 Å². The molecule has 0 radical (unpaired) electrons. The number of nitrogens with zero attached hydrogens (tertiary/aromatic N) is 3. The SMILES string of the molecule is CC(C)c1cn2ccc(C(F)(F)F)c(-c3cc(Cl)c4[nH]ncc4c3)c2n1. The van der Waals surface area contributed by atoms with Crippen molar-refractivity contribution in [2.45, 2.75) is 25.9 Å². The highest BCUT2D eigenvalue weighted by Gasteiger charge is 2.35. The Labute approximate surface area is 151 Å². The average molecular weight is 379 g/mol. The Morgan fingerprint density at radius 1 is 1.23 bits per heavy atom. The van der Waals surface area contributed by atoms with Crippen molar-refractivity contribution in [3.63, 3.8) is 0 Å². The van der Waals surface area contributed by atoms with Crippen LogP contribution < -0.4 is 0 Å². The molecule has 0 saturated heterocycles. The van der Waals surface area contributed by atoms with Crippen molar-refractivity contribution in [1.82, 2.24) is 19.6 Å². The van der Waals surface area contributed by atoms with E-state index < -0.39 is 11.7 Å². The Hall–Kier alpha value is -2.54. The van der Waals surface area contributed by atoms with Crippen molar-refractivity contribution in [2.24, 2.45) is 0 Å². The minimum atomic E-state index is -4.52. The first kappa shape index (κ1) is 16.9. The Kier molecular flexibility index (Phi) is 3.73. The first-order valence-electron chi connectivity index (χ1n) is 7.97. The average Bonchev–Trinajstić information content (AvgIpc) is 3.19. The zero-order chi connectivity index (χ0) is 18.6. The van der Waals surface area contributed by atoms with Crippen LogP contribution in [0.15, 0.2) is 36.8 Å². The highest BCUT2D eigenvalue weighted by molar-refractivity contribution is 6.35. The number of rotatable bonds is 2. The number of pyridine rings is 1. The van der Waals surface area contributed by atoms with Gasteiger partial charge in [0, 0.05) is 23.3 Å².